The molecule has 1 heterocycles. The molecule has 1 aliphatic heterocycles. The lowest BCUT2D eigenvalue weighted by atomic mass is 10.1. The van der Waals surface area contributed by atoms with Gasteiger partial charge in [0.25, 0.3) is 11.1 Å². The van der Waals surface area contributed by atoms with E-state index in [0.717, 1.165) is 27.8 Å². The van der Waals surface area contributed by atoms with Crippen molar-refractivity contribution in [3.8, 4) is 0 Å². The Morgan fingerprint density at radius 3 is 2.44 bits per heavy atom. The lowest BCUT2D eigenvalue weighted by Crippen LogP contribution is -2.22. The Morgan fingerprint density at radius 1 is 1.22 bits per heavy atom. The van der Waals surface area contributed by atoms with Crippen molar-refractivity contribution in [3.63, 3.8) is 0 Å². The Bertz CT molecular complexity index is 546. The zero-order valence-corrected chi connectivity index (χ0v) is 11.0. The van der Waals surface area contributed by atoms with E-state index in [1.165, 1.54) is 7.05 Å². The molecule has 0 unspecified atom stereocenters. The molecular formula is C14H13NO2S. The maximum atomic E-state index is 11.7. The van der Waals surface area contributed by atoms with Crippen LogP contribution >= 0.6 is 11.8 Å². The predicted octanol–water partition coefficient (Wildman–Crippen LogP) is 3.30. The zero-order chi connectivity index (χ0) is 13.1. The molecule has 0 atom stereocenters. The summed E-state index contributed by atoms with van der Waals surface area (Å²) >= 11 is 0.978. The largest absolute Gasteiger partial charge is 0.293 e. The summed E-state index contributed by atoms with van der Waals surface area (Å²) in [4.78, 5) is 24.6. The Balaban J connectivity index is 2.22. The number of hydrogen-bond acceptors (Lipinski definition) is 3. The first-order valence-electron chi connectivity index (χ1n) is 5.53. The number of thioether (sulfide) groups is 1. The van der Waals surface area contributed by atoms with Crippen molar-refractivity contribution in [2.75, 3.05) is 7.05 Å². The van der Waals surface area contributed by atoms with Crippen molar-refractivity contribution in [3.05, 3.63) is 52.4 Å². The van der Waals surface area contributed by atoms with Crippen LogP contribution in [-0.2, 0) is 4.79 Å². The second-order valence-corrected chi connectivity index (χ2v) is 5.03. The van der Waals surface area contributed by atoms with Crippen LogP contribution in [-0.4, -0.2) is 23.1 Å². The Kier molecular flexibility index (Phi) is 3.67. The van der Waals surface area contributed by atoms with E-state index >= 15 is 0 Å². The lowest BCUT2D eigenvalue weighted by Gasteiger charge is -2.01. The fourth-order valence-electron chi connectivity index (χ4n) is 1.61. The number of benzene rings is 1. The SMILES string of the molecule is CC(/C=C1\SC(=O)N(C)C1=O)=C\c1ccccc1. The summed E-state index contributed by atoms with van der Waals surface area (Å²) in [5.74, 6) is -0.231. The third-order valence-electron chi connectivity index (χ3n) is 2.54. The van der Waals surface area contributed by atoms with Crippen molar-refractivity contribution in [1.82, 2.24) is 4.90 Å². The average molecular weight is 259 g/mol. The van der Waals surface area contributed by atoms with Crippen molar-refractivity contribution < 1.29 is 9.59 Å². The summed E-state index contributed by atoms with van der Waals surface area (Å²) in [5, 5.41) is -0.223. The summed E-state index contributed by atoms with van der Waals surface area (Å²) in [6, 6.07) is 9.85. The summed E-state index contributed by atoms with van der Waals surface area (Å²) < 4.78 is 0. The fourth-order valence-corrected chi connectivity index (χ4v) is 2.48. The second-order valence-electron chi connectivity index (χ2n) is 4.04. The molecule has 2 rings (SSSR count). The van der Waals surface area contributed by atoms with Crippen molar-refractivity contribution >= 4 is 29.0 Å². The summed E-state index contributed by atoms with van der Waals surface area (Å²) in [5.41, 5.74) is 2.02. The van der Waals surface area contributed by atoms with E-state index in [0.29, 0.717) is 4.91 Å². The van der Waals surface area contributed by atoms with Gasteiger partial charge in [-0.2, -0.15) is 0 Å². The fraction of sp³-hybridized carbons (Fsp3) is 0.143. The second kappa shape index (κ2) is 5.23. The van der Waals surface area contributed by atoms with Crippen LogP contribution in [0.2, 0.25) is 0 Å². The third-order valence-corrected chi connectivity index (χ3v) is 3.50. The number of amides is 2. The van der Waals surface area contributed by atoms with Gasteiger partial charge in [0.05, 0.1) is 4.91 Å². The Labute approximate surface area is 110 Å². The molecule has 2 amide bonds. The van der Waals surface area contributed by atoms with E-state index in [2.05, 4.69) is 0 Å². The minimum atomic E-state index is -0.231. The molecule has 0 aliphatic carbocycles. The van der Waals surface area contributed by atoms with E-state index in [-0.39, 0.29) is 11.1 Å². The number of allylic oxidation sites excluding steroid dienone is 2. The van der Waals surface area contributed by atoms with Crippen LogP contribution < -0.4 is 0 Å². The Hall–Kier alpha value is -1.81. The van der Waals surface area contributed by atoms with E-state index in [4.69, 9.17) is 0 Å². The van der Waals surface area contributed by atoms with Crippen molar-refractivity contribution in [2.24, 2.45) is 0 Å². The molecule has 3 nitrogen and oxygen atoms in total. The number of carbonyl (C=O) groups excluding carboxylic acids is 2. The van der Waals surface area contributed by atoms with Crippen LogP contribution in [0, 0.1) is 0 Å². The van der Waals surface area contributed by atoms with E-state index in [9.17, 15) is 9.59 Å². The molecule has 4 heteroatoms. The van der Waals surface area contributed by atoms with E-state index in [1.807, 2.05) is 43.3 Å². The maximum absolute atomic E-state index is 11.7. The quantitative estimate of drug-likeness (QED) is 0.765. The minimum Gasteiger partial charge on any atom is -0.272 e. The molecule has 0 N–H and O–H groups in total. The molecule has 1 saturated heterocycles. The van der Waals surface area contributed by atoms with Gasteiger partial charge in [0, 0.05) is 7.05 Å². The van der Waals surface area contributed by atoms with Gasteiger partial charge in [-0.05, 0) is 35.9 Å². The summed E-state index contributed by atoms with van der Waals surface area (Å²) in [6.07, 6.45) is 3.73. The molecule has 92 valence electrons. The average Bonchev–Trinajstić information content (AvgIpc) is 2.58. The molecule has 0 radical (unpaired) electrons. The minimum absolute atomic E-state index is 0.223. The number of imide groups is 1. The van der Waals surface area contributed by atoms with E-state index < -0.39 is 0 Å². The standard InChI is InChI=1S/C14H13NO2S/c1-10(8-11-6-4-3-5-7-11)9-12-13(16)15(2)14(17)18-12/h3-9H,1-2H3/b10-8+,12-9-. The molecule has 0 bridgehead atoms. The van der Waals surface area contributed by atoms with Crippen LogP contribution in [0.1, 0.15) is 12.5 Å². The van der Waals surface area contributed by atoms with Gasteiger partial charge in [0.15, 0.2) is 0 Å². The number of carbonyl (C=O) groups is 2. The van der Waals surface area contributed by atoms with Gasteiger partial charge in [-0.15, -0.1) is 0 Å². The van der Waals surface area contributed by atoms with Gasteiger partial charge in [0.1, 0.15) is 0 Å². The normalized spacial score (nSPS) is 18.9. The monoisotopic (exact) mass is 259 g/mol. The van der Waals surface area contributed by atoms with Crippen LogP contribution in [0.25, 0.3) is 6.08 Å². The summed E-state index contributed by atoms with van der Waals surface area (Å²) in [6.45, 7) is 1.91. The molecule has 1 aliphatic rings. The number of hydrogen-bond donors (Lipinski definition) is 0. The van der Waals surface area contributed by atoms with Gasteiger partial charge < -0.3 is 0 Å². The first-order valence-corrected chi connectivity index (χ1v) is 6.34. The Morgan fingerprint density at radius 2 is 1.89 bits per heavy atom. The number of nitrogens with zero attached hydrogens (tertiary/aromatic N) is 1. The van der Waals surface area contributed by atoms with Crippen molar-refractivity contribution in [2.45, 2.75) is 6.92 Å². The van der Waals surface area contributed by atoms with E-state index in [1.54, 1.807) is 6.08 Å². The summed E-state index contributed by atoms with van der Waals surface area (Å²) in [7, 11) is 1.49. The number of likely N-dealkylation sites (N-methyl/N-ethyl adjacent to an activating group) is 1. The molecule has 1 fully saturated rings. The maximum Gasteiger partial charge on any atom is 0.293 e. The first kappa shape index (κ1) is 12.6. The van der Waals surface area contributed by atoms with Crippen LogP contribution in [0.5, 0.6) is 0 Å². The van der Waals surface area contributed by atoms with Crippen LogP contribution in [0.15, 0.2) is 46.9 Å². The van der Waals surface area contributed by atoms with Crippen LogP contribution in [0.3, 0.4) is 0 Å². The highest BCUT2D eigenvalue weighted by Crippen LogP contribution is 2.30. The van der Waals surface area contributed by atoms with Crippen molar-refractivity contribution in [1.29, 1.82) is 0 Å². The highest BCUT2D eigenvalue weighted by atomic mass is 32.2. The van der Waals surface area contributed by atoms with Gasteiger partial charge >= 0.3 is 0 Å². The lowest BCUT2D eigenvalue weighted by molar-refractivity contribution is -0.121. The highest BCUT2D eigenvalue weighted by molar-refractivity contribution is 8.18. The predicted molar refractivity (Wildman–Crippen MR) is 73.9 cm³/mol. The molecule has 18 heavy (non-hydrogen) atoms. The van der Waals surface area contributed by atoms with Gasteiger partial charge in [0.2, 0.25) is 0 Å². The van der Waals surface area contributed by atoms with Gasteiger partial charge in [-0.3, -0.25) is 14.5 Å². The highest BCUT2D eigenvalue weighted by Gasteiger charge is 2.31. The molecule has 0 spiro atoms. The van der Waals surface area contributed by atoms with Gasteiger partial charge in [-0.1, -0.05) is 36.4 Å². The molecule has 0 saturated carbocycles. The smallest absolute Gasteiger partial charge is 0.272 e. The molecular weight excluding hydrogens is 246 g/mol. The van der Waals surface area contributed by atoms with Gasteiger partial charge in [-0.25, -0.2) is 0 Å². The zero-order valence-electron chi connectivity index (χ0n) is 10.2. The first-order chi connectivity index (χ1) is 8.58. The molecule has 0 aromatic heterocycles. The topological polar surface area (TPSA) is 37.4 Å². The third kappa shape index (κ3) is 2.71. The molecule has 1 aromatic carbocycles. The number of rotatable bonds is 2. The van der Waals surface area contributed by atoms with Crippen LogP contribution in [0.4, 0.5) is 4.79 Å². The molecule has 1 aromatic rings.